The predicted octanol–water partition coefficient (Wildman–Crippen LogP) is 5.47. The fourth-order valence-electron chi connectivity index (χ4n) is 4.71. The zero-order valence-electron chi connectivity index (χ0n) is 23.5. The van der Waals surface area contributed by atoms with Crippen LogP contribution in [0.5, 0.6) is 6.01 Å². The Bertz CT molecular complexity index is 2040. The number of thiophene rings is 1. The molecule has 0 spiro atoms. The number of carbonyl (C=O) groups is 1. The molecule has 1 N–H and O–H groups in total. The molecule has 4 aromatic heterocycles. The van der Waals surface area contributed by atoms with E-state index in [0.717, 1.165) is 33.6 Å². The van der Waals surface area contributed by atoms with E-state index in [1.165, 1.54) is 11.3 Å². The summed E-state index contributed by atoms with van der Waals surface area (Å²) in [5.41, 5.74) is 4.72. The zero-order valence-corrected chi connectivity index (χ0v) is 24.3. The minimum absolute atomic E-state index is 0.153. The highest BCUT2D eigenvalue weighted by molar-refractivity contribution is 7.15. The Morgan fingerprint density at radius 1 is 1.05 bits per heavy atom. The molecule has 2 aromatic carbocycles. The van der Waals surface area contributed by atoms with E-state index in [0.29, 0.717) is 40.9 Å². The maximum atomic E-state index is 13.3. The van der Waals surface area contributed by atoms with Crippen LogP contribution < -0.4 is 16.3 Å². The summed E-state index contributed by atoms with van der Waals surface area (Å²) in [5, 5.41) is 3.84. The van der Waals surface area contributed by atoms with Gasteiger partial charge in [-0.05, 0) is 37.0 Å². The molecule has 4 heterocycles. The summed E-state index contributed by atoms with van der Waals surface area (Å²) < 4.78 is 27.9. The average Bonchev–Trinajstić information content (AvgIpc) is 3.76. The summed E-state index contributed by atoms with van der Waals surface area (Å²) in [6, 6.07) is 15.9. The molecule has 0 fully saturated rings. The summed E-state index contributed by atoms with van der Waals surface area (Å²) in [7, 11) is 0. The first kappa shape index (κ1) is 28.0. The first-order valence-corrected chi connectivity index (χ1v) is 14.3. The molecule has 6 aromatic rings. The Balaban J connectivity index is 1.32. The molecule has 0 aliphatic heterocycles. The highest BCUT2D eigenvalue weighted by Gasteiger charge is 2.26. The van der Waals surface area contributed by atoms with Crippen molar-refractivity contribution in [2.45, 2.75) is 40.3 Å². The van der Waals surface area contributed by atoms with E-state index in [9.17, 15) is 14.4 Å². The third kappa shape index (κ3) is 5.54. The summed E-state index contributed by atoms with van der Waals surface area (Å²) in [6.45, 7) is 6.05. The molecule has 0 atom stereocenters. The SMILES string of the molecule is CCCOc1nc2c(C)sc(C(=O)OCc3oc(=O)oc3C)c2n1Cc1ccc(-c2ccccc2-c2noc(=O)[nH]2)cc1. The highest BCUT2D eigenvalue weighted by atomic mass is 32.1. The van der Waals surface area contributed by atoms with E-state index < -0.39 is 17.5 Å². The number of imidazole rings is 1. The number of ether oxygens (including phenoxy) is 2. The molecular weight excluding hydrogens is 576 g/mol. The van der Waals surface area contributed by atoms with E-state index in [2.05, 4.69) is 10.1 Å². The number of hydrogen-bond acceptors (Lipinski definition) is 11. The molecule has 220 valence electrons. The van der Waals surface area contributed by atoms with E-state index in [-0.39, 0.29) is 18.1 Å². The maximum Gasteiger partial charge on any atom is 0.519 e. The normalized spacial score (nSPS) is 11.3. The van der Waals surface area contributed by atoms with Crippen molar-refractivity contribution in [2.24, 2.45) is 0 Å². The maximum absolute atomic E-state index is 13.3. The molecule has 0 aliphatic rings. The number of carbonyl (C=O) groups excluding carboxylic acids is 1. The van der Waals surface area contributed by atoms with Crippen LogP contribution in [0.25, 0.3) is 33.5 Å². The van der Waals surface area contributed by atoms with Gasteiger partial charge in [-0.2, -0.15) is 4.98 Å². The van der Waals surface area contributed by atoms with Crippen LogP contribution in [-0.4, -0.2) is 32.3 Å². The lowest BCUT2D eigenvalue weighted by Gasteiger charge is -2.12. The number of hydrogen-bond donors (Lipinski definition) is 1. The van der Waals surface area contributed by atoms with Gasteiger partial charge in [0.2, 0.25) is 0 Å². The van der Waals surface area contributed by atoms with Gasteiger partial charge in [0, 0.05) is 10.4 Å². The topological polar surface area (TPSA) is 156 Å². The number of rotatable bonds is 10. The van der Waals surface area contributed by atoms with Crippen LogP contribution in [0.3, 0.4) is 0 Å². The summed E-state index contributed by atoms with van der Waals surface area (Å²) >= 11 is 1.28. The van der Waals surface area contributed by atoms with E-state index in [1.54, 1.807) is 6.92 Å². The van der Waals surface area contributed by atoms with Gasteiger partial charge in [0.25, 0.3) is 6.01 Å². The van der Waals surface area contributed by atoms with Crippen molar-refractivity contribution in [3.05, 3.63) is 96.5 Å². The Hall–Kier alpha value is -5.17. The first-order chi connectivity index (χ1) is 20.8. The number of aryl methyl sites for hydroxylation is 2. The van der Waals surface area contributed by atoms with Crippen LogP contribution >= 0.6 is 11.3 Å². The van der Waals surface area contributed by atoms with Gasteiger partial charge in [0.15, 0.2) is 24.0 Å². The highest BCUT2D eigenvalue weighted by Crippen LogP contribution is 2.36. The fourth-order valence-corrected chi connectivity index (χ4v) is 5.70. The number of esters is 1. The number of H-pyrrole nitrogens is 1. The molecule has 12 nitrogen and oxygen atoms in total. The number of aromatic nitrogens is 4. The molecule has 13 heteroatoms. The Morgan fingerprint density at radius 3 is 2.49 bits per heavy atom. The number of nitrogens with zero attached hydrogens (tertiary/aromatic N) is 3. The lowest BCUT2D eigenvalue weighted by atomic mass is 9.98. The Kier molecular flexibility index (Phi) is 7.55. The smallest absolute Gasteiger partial charge is 0.465 e. The molecule has 0 saturated heterocycles. The molecule has 6 rings (SSSR count). The second kappa shape index (κ2) is 11.6. The van der Waals surface area contributed by atoms with Gasteiger partial charge in [0.1, 0.15) is 10.4 Å². The van der Waals surface area contributed by atoms with Crippen LogP contribution in [0.15, 0.2) is 71.5 Å². The number of benzene rings is 2. The van der Waals surface area contributed by atoms with Crippen molar-refractivity contribution >= 4 is 28.3 Å². The van der Waals surface area contributed by atoms with Gasteiger partial charge in [-0.15, -0.1) is 11.3 Å². The minimum atomic E-state index is -0.851. The quantitative estimate of drug-likeness (QED) is 0.200. The van der Waals surface area contributed by atoms with Crippen LogP contribution in [0.1, 0.15) is 45.0 Å². The van der Waals surface area contributed by atoms with Gasteiger partial charge in [-0.25, -0.2) is 14.4 Å². The van der Waals surface area contributed by atoms with Gasteiger partial charge < -0.3 is 18.3 Å². The van der Waals surface area contributed by atoms with Crippen molar-refractivity contribution in [3.8, 4) is 28.5 Å². The second-order valence-electron chi connectivity index (χ2n) is 9.71. The summed E-state index contributed by atoms with van der Waals surface area (Å²) in [5.74, 6) is -1.29. The summed E-state index contributed by atoms with van der Waals surface area (Å²) in [6.07, 6.45) is 0.785. The number of aromatic amines is 1. The van der Waals surface area contributed by atoms with Crippen LogP contribution in [0, 0.1) is 13.8 Å². The Morgan fingerprint density at radius 2 is 1.81 bits per heavy atom. The largest absolute Gasteiger partial charge is 0.519 e. The summed E-state index contributed by atoms with van der Waals surface area (Å²) in [4.78, 5) is 44.7. The van der Waals surface area contributed by atoms with E-state index in [4.69, 9.17) is 27.8 Å². The van der Waals surface area contributed by atoms with Gasteiger partial charge in [-0.1, -0.05) is 60.6 Å². The van der Waals surface area contributed by atoms with Crippen LogP contribution in [0.2, 0.25) is 0 Å². The minimum Gasteiger partial charge on any atom is -0.465 e. The van der Waals surface area contributed by atoms with Crippen molar-refractivity contribution in [2.75, 3.05) is 6.61 Å². The molecule has 0 radical (unpaired) electrons. The predicted molar refractivity (Wildman–Crippen MR) is 156 cm³/mol. The van der Waals surface area contributed by atoms with Gasteiger partial charge >= 0.3 is 17.5 Å². The van der Waals surface area contributed by atoms with Gasteiger partial charge in [0.05, 0.1) is 18.7 Å². The molecular formula is C30H26N4O8S. The second-order valence-corrected chi connectivity index (χ2v) is 10.9. The lowest BCUT2D eigenvalue weighted by Crippen LogP contribution is -2.09. The zero-order chi connectivity index (χ0) is 30.1. The van der Waals surface area contributed by atoms with Crippen molar-refractivity contribution < 1.29 is 27.6 Å². The van der Waals surface area contributed by atoms with Crippen LogP contribution in [0.4, 0.5) is 0 Å². The molecule has 0 saturated carbocycles. The molecule has 43 heavy (non-hydrogen) atoms. The third-order valence-electron chi connectivity index (χ3n) is 6.76. The lowest BCUT2D eigenvalue weighted by molar-refractivity contribution is 0.0450. The Labute approximate surface area is 247 Å². The van der Waals surface area contributed by atoms with Crippen molar-refractivity contribution in [1.29, 1.82) is 0 Å². The monoisotopic (exact) mass is 602 g/mol. The molecule has 0 unspecified atom stereocenters. The van der Waals surface area contributed by atoms with Crippen molar-refractivity contribution in [1.82, 2.24) is 19.7 Å². The molecule has 0 amide bonds. The van der Waals surface area contributed by atoms with Crippen LogP contribution in [-0.2, 0) is 17.9 Å². The number of fused-ring (bicyclic) bond motifs is 1. The average molecular weight is 603 g/mol. The number of nitrogens with one attached hydrogen (secondary N) is 1. The standard InChI is InChI=1S/C30H26N4O8S/c1-4-13-38-28-31-23-17(3)43-25(27(35)39-15-22-16(2)40-30(37)41-22)24(23)34(28)14-18-9-11-19(12-10-18)20-7-5-6-8-21(20)26-32-29(36)42-33-26/h5-12H,4,13-15H2,1-3H3,(H,32,33,36). The fraction of sp³-hybridized carbons (Fsp3) is 0.233. The van der Waals surface area contributed by atoms with Crippen molar-refractivity contribution in [3.63, 3.8) is 0 Å². The third-order valence-corrected chi connectivity index (χ3v) is 7.82. The molecule has 0 aliphatic carbocycles. The van der Waals surface area contributed by atoms with Gasteiger partial charge in [-0.3, -0.25) is 14.1 Å². The molecule has 0 bridgehead atoms. The first-order valence-electron chi connectivity index (χ1n) is 13.5. The van der Waals surface area contributed by atoms with E-state index >= 15 is 0 Å². The van der Waals surface area contributed by atoms with E-state index in [1.807, 2.05) is 66.9 Å².